The van der Waals surface area contributed by atoms with Crippen LogP contribution in [0, 0.1) is 0 Å². The minimum absolute atomic E-state index is 0.0442. The minimum atomic E-state index is -4.33. The molecule has 1 aliphatic rings. The van der Waals surface area contributed by atoms with Gasteiger partial charge in [-0.3, -0.25) is 9.59 Å². The van der Waals surface area contributed by atoms with Crippen molar-refractivity contribution < 1.29 is 22.7 Å². The fraction of sp³-hybridized carbons (Fsp3) is 0.231. The van der Waals surface area contributed by atoms with E-state index in [1.807, 2.05) is 6.92 Å². The summed E-state index contributed by atoms with van der Waals surface area (Å²) in [6.45, 7) is 2.22. The van der Waals surface area contributed by atoms with Crippen molar-refractivity contribution in [2.45, 2.75) is 30.7 Å². The Balaban J connectivity index is 1.70. The molecule has 1 aliphatic heterocycles. The first-order valence-corrected chi connectivity index (χ1v) is 14.0. The molecule has 1 heterocycles. The van der Waals surface area contributed by atoms with Crippen molar-refractivity contribution in [1.29, 1.82) is 0 Å². The van der Waals surface area contributed by atoms with Crippen LogP contribution in [0.2, 0.25) is 15.1 Å². The van der Waals surface area contributed by atoms with Gasteiger partial charge in [0.1, 0.15) is 16.7 Å². The first kappa shape index (κ1) is 27.4. The van der Waals surface area contributed by atoms with Crippen LogP contribution in [-0.4, -0.2) is 43.7 Å². The second kappa shape index (κ2) is 11.4. The molecule has 1 unspecified atom stereocenters. The molecule has 3 aromatic rings. The Bertz CT molecular complexity index is 1430. The van der Waals surface area contributed by atoms with E-state index in [1.54, 1.807) is 48.5 Å². The van der Waals surface area contributed by atoms with Gasteiger partial charge in [-0.2, -0.15) is 4.31 Å². The highest BCUT2D eigenvalue weighted by atomic mass is 35.5. The van der Waals surface area contributed by atoms with Crippen LogP contribution in [0.1, 0.15) is 18.9 Å². The van der Waals surface area contributed by atoms with Crippen LogP contribution in [0.15, 0.2) is 71.6 Å². The Labute approximate surface area is 230 Å². The van der Waals surface area contributed by atoms with Crippen LogP contribution in [-0.2, 0) is 26.0 Å². The van der Waals surface area contributed by atoms with Crippen molar-refractivity contribution in [3.63, 3.8) is 0 Å². The molecular formula is C26H23Cl3N2O5S. The number of hydrogen-bond donors (Lipinski definition) is 0. The molecule has 11 heteroatoms. The minimum Gasteiger partial charge on any atom is -0.494 e. The summed E-state index contributed by atoms with van der Waals surface area (Å²) >= 11 is 18.4. The van der Waals surface area contributed by atoms with E-state index < -0.39 is 27.9 Å². The second-order valence-electron chi connectivity index (χ2n) is 8.28. The van der Waals surface area contributed by atoms with Gasteiger partial charge < -0.3 is 4.74 Å². The van der Waals surface area contributed by atoms with Crippen LogP contribution in [0.4, 0.5) is 5.69 Å². The maximum Gasteiger partial charge on any atom is 0.252 e. The standard InChI is InChI=1S/C26H23Cl3N2O5S/c1-2-36-21-9-7-20(8-10-21)31-25(32)16-23(26(31)33)30(13-12-17-4-3-5-18(27)14-17)37(34,35)24-15-19(28)6-11-22(24)29/h3-11,14-15,23H,2,12-13,16H2,1H3. The lowest BCUT2D eigenvalue weighted by Crippen LogP contribution is -2.46. The molecule has 194 valence electrons. The topological polar surface area (TPSA) is 84.0 Å². The maximum atomic E-state index is 13.9. The van der Waals surface area contributed by atoms with Crippen LogP contribution < -0.4 is 9.64 Å². The van der Waals surface area contributed by atoms with E-state index in [0.29, 0.717) is 23.1 Å². The van der Waals surface area contributed by atoms with E-state index in [1.165, 1.54) is 18.2 Å². The fourth-order valence-electron chi connectivity index (χ4n) is 4.15. The van der Waals surface area contributed by atoms with Crippen molar-refractivity contribution in [1.82, 2.24) is 4.31 Å². The Morgan fingerprint density at radius 1 is 0.973 bits per heavy atom. The molecule has 1 saturated heterocycles. The van der Waals surface area contributed by atoms with Gasteiger partial charge >= 0.3 is 0 Å². The number of hydrogen-bond acceptors (Lipinski definition) is 5. The van der Waals surface area contributed by atoms with Gasteiger partial charge in [0.05, 0.1) is 23.7 Å². The number of amides is 2. The molecule has 7 nitrogen and oxygen atoms in total. The number of benzene rings is 3. The molecule has 3 aromatic carbocycles. The molecule has 4 rings (SSSR count). The predicted octanol–water partition coefficient (Wildman–Crippen LogP) is 5.61. The number of rotatable bonds is 9. The highest BCUT2D eigenvalue weighted by molar-refractivity contribution is 7.89. The number of sulfonamides is 1. The highest BCUT2D eigenvalue weighted by Crippen LogP contribution is 2.33. The van der Waals surface area contributed by atoms with Crippen molar-refractivity contribution >= 4 is 62.3 Å². The third-order valence-corrected chi connectivity index (χ3v) is 8.73. The molecule has 1 fully saturated rings. The Kier molecular flexibility index (Phi) is 8.46. The van der Waals surface area contributed by atoms with Gasteiger partial charge in [0, 0.05) is 16.6 Å². The van der Waals surface area contributed by atoms with E-state index in [4.69, 9.17) is 39.5 Å². The summed E-state index contributed by atoms with van der Waals surface area (Å²) in [5.41, 5.74) is 1.10. The third-order valence-electron chi connectivity index (χ3n) is 5.87. The number of anilines is 1. The molecule has 0 spiro atoms. The molecule has 1 atom stereocenters. The Morgan fingerprint density at radius 2 is 1.68 bits per heavy atom. The molecule has 0 aliphatic carbocycles. The summed E-state index contributed by atoms with van der Waals surface area (Å²) in [5.74, 6) is -0.579. The van der Waals surface area contributed by atoms with Crippen molar-refractivity contribution in [3.8, 4) is 5.75 Å². The Morgan fingerprint density at radius 3 is 2.35 bits per heavy atom. The van der Waals surface area contributed by atoms with Crippen molar-refractivity contribution in [2.24, 2.45) is 0 Å². The van der Waals surface area contributed by atoms with E-state index in [-0.39, 0.29) is 34.3 Å². The van der Waals surface area contributed by atoms with Gasteiger partial charge in [0.15, 0.2) is 0 Å². The molecule has 0 radical (unpaired) electrons. The average molecular weight is 582 g/mol. The van der Waals surface area contributed by atoms with Crippen LogP contribution in [0.25, 0.3) is 0 Å². The zero-order valence-electron chi connectivity index (χ0n) is 19.7. The molecule has 37 heavy (non-hydrogen) atoms. The largest absolute Gasteiger partial charge is 0.494 e. The first-order chi connectivity index (χ1) is 17.6. The number of ether oxygens (including phenoxy) is 1. The van der Waals surface area contributed by atoms with Crippen LogP contribution in [0.5, 0.6) is 5.75 Å². The average Bonchev–Trinajstić information content (AvgIpc) is 3.14. The van der Waals surface area contributed by atoms with Gasteiger partial charge in [-0.05, 0) is 73.5 Å². The van der Waals surface area contributed by atoms with E-state index in [9.17, 15) is 18.0 Å². The summed E-state index contributed by atoms with van der Waals surface area (Å²) in [4.78, 5) is 27.3. The number of imide groups is 1. The number of carbonyl (C=O) groups is 2. The molecular weight excluding hydrogens is 559 g/mol. The molecule has 0 bridgehead atoms. The van der Waals surface area contributed by atoms with Gasteiger partial charge in [-0.25, -0.2) is 13.3 Å². The molecule has 0 saturated carbocycles. The lowest BCUT2D eigenvalue weighted by atomic mass is 10.1. The van der Waals surface area contributed by atoms with Gasteiger partial charge in [0.2, 0.25) is 15.9 Å². The number of carbonyl (C=O) groups excluding carboxylic acids is 2. The summed E-state index contributed by atoms with van der Waals surface area (Å²) in [7, 11) is -4.33. The Hall–Kier alpha value is -2.62. The fourth-order valence-corrected chi connectivity index (χ4v) is 6.68. The SMILES string of the molecule is CCOc1ccc(N2C(=O)CC(N(CCc3cccc(Cl)c3)S(=O)(=O)c3cc(Cl)ccc3Cl)C2=O)cc1. The number of nitrogens with zero attached hydrogens (tertiary/aromatic N) is 2. The molecule has 2 amide bonds. The van der Waals surface area contributed by atoms with Crippen molar-refractivity contribution in [2.75, 3.05) is 18.1 Å². The van der Waals surface area contributed by atoms with Gasteiger partial charge in [-0.1, -0.05) is 46.9 Å². The molecule has 0 N–H and O–H groups in total. The zero-order chi connectivity index (χ0) is 26.7. The lowest BCUT2D eigenvalue weighted by molar-refractivity contribution is -0.122. The molecule has 0 aromatic heterocycles. The number of halogens is 3. The smallest absolute Gasteiger partial charge is 0.252 e. The van der Waals surface area contributed by atoms with Crippen LogP contribution >= 0.6 is 34.8 Å². The quantitative estimate of drug-likeness (QED) is 0.307. The van der Waals surface area contributed by atoms with Crippen molar-refractivity contribution in [3.05, 3.63) is 87.4 Å². The summed E-state index contributed by atoms with van der Waals surface area (Å²) < 4.78 is 34.2. The third kappa shape index (κ3) is 5.94. The summed E-state index contributed by atoms with van der Waals surface area (Å²) in [6, 6.07) is 16.2. The van der Waals surface area contributed by atoms with E-state index >= 15 is 0 Å². The lowest BCUT2D eigenvalue weighted by Gasteiger charge is -2.27. The monoisotopic (exact) mass is 580 g/mol. The van der Waals surface area contributed by atoms with Crippen LogP contribution in [0.3, 0.4) is 0 Å². The highest BCUT2D eigenvalue weighted by Gasteiger charge is 2.47. The van der Waals surface area contributed by atoms with Gasteiger partial charge in [-0.15, -0.1) is 0 Å². The maximum absolute atomic E-state index is 13.9. The van der Waals surface area contributed by atoms with Gasteiger partial charge in [0.25, 0.3) is 5.91 Å². The second-order valence-corrected chi connectivity index (χ2v) is 11.4. The first-order valence-electron chi connectivity index (χ1n) is 11.4. The normalized spacial score (nSPS) is 16.0. The van der Waals surface area contributed by atoms with E-state index in [2.05, 4.69) is 0 Å². The summed E-state index contributed by atoms with van der Waals surface area (Å²) in [6.07, 6.45) is -0.0714. The van der Waals surface area contributed by atoms with E-state index in [0.717, 1.165) is 14.8 Å². The predicted molar refractivity (Wildman–Crippen MR) is 144 cm³/mol. The summed E-state index contributed by atoms with van der Waals surface area (Å²) in [5, 5.41) is 0.624. The zero-order valence-corrected chi connectivity index (χ0v) is 22.8.